The van der Waals surface area contributed by atoms with Gasteiger partial charge in [0.1, 0.15) is 12.1 Å². The molecule has 4 N–H and O–H groups in total. The summed E-state index contributed by atoms with van der Waals surface area (Å²) in [6, 6.07) is 13.2. The van der Waals surface area contributed by atoms with Gasteiger partial charge in [0, 0.05) is 23.6 Å². The maximum Gasteiger partial charge on any atom is 0.242 e. The first-order valence-corrected chi connectivity index (χ1v) is 12.7. The number of nitrogens with one attached hydrogen (secondary N) is 4. The van der Waals surface area contributed by atoms with Crippen LogP contribution in [0.2, 0.25) is 5.02 Å². The summed E-state index contributed by atoms with van der Waals surface area (Å²) in [5.41, 5.74) is 2.74. The molecule has 1 aromatic heterocycles. The molecule has 3 aromatic rings. The normalized spacial score (nSPS) is 13.4. The number of hydrogen-bond donors (Lipinski definition) is 4. The van der Waals surface area contributed by atoms with Gasteiger partial charge in [-0.3, -0.25) is 9.59 Å². The van der Waals surface area contributed by atoms with Gasteiger partial charge < -0.3 is 15.6 Å². The van der Waals surface area contributed by atoms with Crippen molar-refractivity contribution in [1.29, 1.82) is 0 Å². The van der Waals surface area contributed by atoms with E-state index in [1.54, 1.807) is 13.1 Å². The second-order valence-corrected chi connectivity index (χ2v) is 10.1. The van der Waals surface area contributed by atoms with Gasteiger partial charge in [0.25, 0.3) is 0 Å². The fourth-order valence-corrected chi connectivity index (χ4v) is 4.38. The van der Waals surface area contributed by atoms with Crippen LogP contribution in [0.25, 0.3) is 10.9 Å². The van der Waals surface area contributed by atoms with E-state index in [-0.39, 0.29) is 18.9 Å². The van der Waals surface area contributed by atoms with Gasteiger partial charge in [-0.25, -0.2) is 13.1 Å². The zero-order chi connectivity index (χ0) is 24.0. The number of hydrogen-bond acceptors (Lipinski definition) is 4. The van der Waals surface area contributed by atoms with Crippen LogP contribution in [-0.4, -0.2) is 43.6 Å². The molecule has 10 heteroatoms. The van der Waals surface area contributed by atoms with E-state index in [2.05, 4.69) is 20.3 Å². The number of amides is 2. The van der Waals surface area contributed by atoms with Gasteiger partial charge in [-0.2, -0.15) is 0 Å². The van der Waals surface area contributed by atoms with Gasteiger partial charge in [0.2, 0.25) is 21.8 Å². The average Bonchev–Trinajstić information content (AvgIpc) is 3.15. The van der Waals surface area contributed by atoms with Gasteiger partial charge in [0.05, 0.1) is 11.3 Å². The zero-order valence-corrected chi connectivity index (χ0v) is 20.0. The number of aryl methyl sites for hydroxylation is 1. The molecule has 0 aliphatic carbocycles. The molecule has 33 heavy (non-hydrogen) atoms. The summed E-state index contributed by atoms with van der Waals surface area (Å²) in [5.74, 6) is -0.940. The fourth-order valence-electron chi connectivity index (χ4n) is 3.42. The molecule has 0 radical (unpaired) electrons. The molecule has 8 nitrogen and oxygen atoms in total. The van der Waals surface area contributed by atoms with Crippen LogP contribution in [0.3, 0.4) is 0 Å². The minimum absolute atomic E-state index is 0.259. The van der Waals surface area contributed by atoms with E-state index in [1.807, 2.05) is 48.5 Å². The number of benzene rings is 2. The average molecular weight is 491 g/mol. The van der Waals surface area contributed by atoms with Gasteiger partial charge in [-0.1, -0.05) is 48.0 Å². The molecule has 0 unspecified atom stereocenters. The minimum atomic E-state index is -3.62. The van der Waals surface area contributed by atoms with Crippen molar-refractivity contribution in [2.45, 2.75) is 38.4 Å². The van der Waals surface area contributed by atoms with Gasteiger partial charge in [-0.15, -0.1) is 0 Å². The van der Waals surface area contributed by atoms with Gasteiger partial charge in [0.15, 0.2) is 0 Å². The molecule has 2 amide bonds. The minimum Gasteiger partial charge on any atom is -0.360 e. The molecular formula is C23H27ClN4O4S. The van der Waals surface area contributed by atoms with Gasteiger partial charge >= 0.3 is 0 Å². The van der Waals surface area contributed by atoms with E-state index in [0.717, 1.165) is 28.3 Å². The van der Waals surface area contributed by atoms with E-state index in [0.29, 0.717) is 11.4 Å². The number of fused-ring (bicyclic) bond motifs is 1. The topological polar surface area (TPSA) is 120 Å². The van der Waals surface area contributed by atoms with Crippen LogP contribution >= 0.6 is 11.6 Å². The summed E-state index contributed by atoms with van der Waals surface area (Å²) in [6.45, 7) is 1.81. The van der Waals surface area contributed by atoms with Crippen LogP contribution in [0.15, 0.2) is 54.7 Å². The molecule has 0 aliphatic rings. The van der Waals surface area contributed by atoms with Crippen LogP contribution in [0.5, 0.6) is 0 Å². The van der Waals surface area contributed by atoms with Crippen molar-refractivity contribution < 1.29 is 18.0 Å². The van der Waals surface area contributed by atoms with Crippen molar-refractivity contribution in [2.75, 3.05) is 6.26 Å². The molecular weight excluding hydrogens is 464 g/mol. The van der Waals surface area contributed by atoms with Crippen LogP contribution in [0, 0.1) is 0 Å². The molecule has 0 bridgehead atoms. The lowest BCUT2D eigenvalue weighted by Crippen LogP contribution is -2.52. The Morgan fingerprint density at radius 3 is 2.48 bits per heavy atom. The first kappa shape index (κ1) is 24.8. The molecule has 2 aromatic carbocycles. The highest BCUT2D eigenvalue weighted by atomic mass is 35.5. The maximum atomic E-state index is 12.7. The Kier molecular flexibility index (Phi) is 8.12. The summed E-state index contributed by atoms with van der Waals surface area (Å²) < 4.78 is 25.9. The molecule has 0 saturated heterocycles. The van der Waals surface area contributed by atoms with E-state index in [4.69, 9.17) is 11.6 Å². The predicted molar refractivity (Wildman–Crippen MR) is 129 cm³/mol. The first-order valence-electron chi connectivity index (χ1n) is 10.5. The van der Waals surface area contributed by atoms with Gasteiger partial charge in [-0.05, 0) is 43.0 Å². The number of halogens is 1. The van der Waals surface area contributed by atoms with Crippen LogP contribution in [-0.2, 0) is 32.6 Å². The Hall–Kier alpha value is -2.88. The largest absolute Gasteiger partial charge is 0.360 e. The molecule has 0 aliphatic heterocycles. The third kappa shape index (κ3) is 7.31. The summed E-state index contributed by atoms with van der Waals surface area (Å²) in [4.78, 5) is 28.3. The molecule has 0 fully saturated rings. The third-order valence-electron chi connectivity index (χ3n) is 5.15. The third-order valence-corrected chi connectivity index (χ3v) is 6.18. The second-order valence-electron chi connectivity index (χ2n) is 7.93. The van der Waals surface area contributed by atoms with Crippen molar-refractivity contribution in [3.05, 3.63) is 70.9 Å². The van der Waals surface area contributed by atoms with E-state index in [1.165, 1.54) is 0 Å². The number of sulfonamides is 1. The maximum absolute atomic E-state index is 12.7. The Balaban J connectivity index is 1.57. The molecule has 1 heterocycles. The molecule has 2 atom stereocenters. The lowest BCUT2D eigenvalue weighted by atomic mass is 10.1. The van der Waals surface area contributed by atoms with Crippen molar-refractivity contribution in [3.8, 4) is 0 Å². The summed E-state index contributed by atoms with van der Waals surface area (Å²) in [6.07, 6.45) is 3.46. The zero-order valence-electron chi connectivity index (χ0n) is 18.4. The van der Waals surface area contributed by atoms with Crippen molar-refractivity contribution in [2.24, 2.45) is 0 Å². The smallest absolute Gasteiger partial charge is 0.242 e. The van der Waals surface area contributed by atoms with E-state index < -0.39 is 28.0 Å². The summed E-state index contributed by atoms with van der Waals surface area (Å²) >= 11 is 6.14. The summed E-state index contributed by atoms with van der Waals surface area (Å²) in [7, 11) is -3.62. The first-order chi connectivity index (χ1) is 15.6. The van der Waals surface area contributed by atoms with E-state index in [9.17, 15) is 18.0 Å². The monoisotopic (exact) mass is 490 g/mol. The molecule has 0 saturated carbocycles. The highest BCUT2D eigenvalue weighted by Gasteiger charge is 2.25. The number of carbonyl (C=O) groups excluding carboxylic acids is 2. The Morgan fingerprint density at radius 2 is 1.79 bits per heavy atom. The Bertz CT molecular complexity index is 1230. The SMILES string of the molecule is C[C@H](NC(=O)[C@@H](CCc1ccccc1)NS(C)(=O)=O)C(=O)NCc1ccc2[nH]cc(Cl)c2c1. The standard InChI is InChI=1S/C23H27ClN4O4S/c1-15(22(29)26-13-17-9-10-20-18(12-17)19(24)14-25-20)27-23(30)21(28-33(2,31)32)11-8-16-6-4-3-5-7-16/h3-7,9-10,12,14-15,21,25,28H,8,11,13H2,1-2H3,(H,26,29)(H,27,30)/t15-,21+/m0/s1. The quantitative estimate of drug-likeness (QED) is 0.349. The van der Waals surface area contributed by atoms with Crippen LogP contribution in [0.1, 0.15) is 24.5 Å². The lowest BCUT2D eigenvalue weighted by Gasteiger charge is -2.20. The molecule has 0 spiro atoms. The highest BCUT2D eigenvalue weighted by Crippen LogP contribution is 2.23. The molecule has 176 valence electrons. The van der Waals surface area contributed by atoms with Crippen LogP contribution in [0.4, 0.5) is 0 Å². The number of aromatic nitrogens is 1. The van der Waals surface area contributed by atoms with Crippen molar-refractivity contribution in [1.82, 2.24) is 20.3 Å². The number of carbonyl (C=O) groups is 2. The molecule has 3 rings (SSSR count). The summed E-state index contributed by atoms with van der Waals surface area (Å²) in [5, 5.41) is 6.84. The number of H-pyrrole nitrogens is 1. The van der Waals surface area contributed by atoms with Crippen molar-refractivity contribution >= 4 is 44.3 Å². The fraction of sp³-hybridized carbons (Fsp3) is 0.304. The predicted octanol–water partition coefficient (Wildman–Crippen LogP) is 2.49. The van der Waals surface area contributed by atoms with Crippen molar-refractivity contribution in [3.63, 3.8) is 0 Å². The number of rotatable bonds is 10. The van der Waals surface area contributed by atoms with E-state index >= 15 is 0 Å². The van der Waals surface area contributed by atoms with Crippen LogP contribution < -0.4 is 15.4 Å². The Morgan fingerprint density at radius 1 is 1.06 bits per heavy atom. The second kappa shape index (κ2) is 10.8. The Labute approximate surface area is 198 Å². The highest BCUT2D eigenvalue weighted by molar-refractivity contribution is 7.88. The lowest BCUT2D eigenvalue weighted by molar-refractivity contribution is -0.129. The number of aromatic amines is 1.